The van der Waals surface area contributed by atoms with Crippen LogP contribution >= 0.6 is 0 Å². The number of hydrogen-bond donors (Lipinski definition) is 0. The zero-order valence-corrected chi connectivity index (χ0v) is 16.9. The Morgan fingerprint density at radius 3 is 2.25 bits per heavy atom. The van der Waals surface area contributed by atoms with E-state index in [1.807, 2.05) is 25.1 Å². The summed E-state index contributed by atoms with van der Waals surface area (Å²) in [7, 11) is 3.00. The van der Waals surface area contributed by atoms with Crippen LogP contribution in [0.3, 0.4) is 0 Å². The maximum absolute atomic E-state index is 12.3. The van der Waals surface area contributed by atoms with Gasteiger partial charge in [0.25, 0.3) is 0 Å². The second-order valence-corrected chi connectivity index (χ2v) is 6.62. The van der Waals surface area contributed by atoms with Gasteiger partial charge in [0.05, 0.1) is 14.2 Å². The van der Waals surface area contributed by atoms with E-state index >= 15 is 0 Å². The number of carbonyl (C=O) groups excluding carboxylic acids is 2. The van der Waals surface area contributed by atoms with E-state index < -0.39 is 5.97 Å². The van der Waals surface area contributed by atoms with E-state index in [0.29, 0.717) is 28.7 Å². The maximum Gasteiger partial charge on any atom is 0.344 e. The van der Waals surface area contributed by atoms with E-state index in [9.17, 15) is 9.59 Å². The Balaban J connectivity index is 1.90. The molecular weight excluding hydrogens is 360 g/mol. The summed E-state index contributed by atoms with van der Waals surface area (Å²) in [6.45, 7) is 5.45. The van der Waals surface area contributed by atoms with Crippen LogP contribution in [0.1, 0.15) is 41.3 Å². The highest BCUT2D eigenvalue weighted by molar-refractivity contribution is 5.98. The molecule has 28 heavy (non-hydrogen) atoms. The monoisotopic (exact) mass is 386 g/mol. The van der Waals surface area contributed by atoms with Gasteiger partial charge in [-0.05, 0) is 48.2 Å². The number of Topliss-reactive ketones (excluding diaryl/α,β-unsaturated/α-hetero) is 1. The Morgan fingerprint density at radius 1 is 0.893 bits per heavy atom. The average Bonchev–Trinajstić information content (AvgIpc) is 2.70. The third-order valence-corrected chi connectivity index (χ3v) is 4.29. The predicted molar refractivity (Wildman–Crippen MR) is 106 cm³/mol. The van der Waals surface area contributed by atoms with E-state index in [2.05, 4.69) is 13.8 Å². The van der Waals surface area contributed by atoms with Gasteiger partial charge in [0.1, 0.15) is 5.75 Å². The minimum Gasteiger partial charge on any atom is -0.493 e. The summed E-state index contributed by atoms with van der Waals surface area (Å²) in [6.07, 6.45) is 0. The first kappa shape index (κ1) is 21.3. The third-order valence-electron chi connectivity index (χ3n) is 4.29. The number of benzene rings is 2. The average molecular weight is 386 g/mol. The molecule has 150 valence electrons. The molecule has 0 atom stereocenters. The Kier molecular flexibility index (Phi) is 7.44. The second kappa shape index (κ2) is 9.78. The summed E-state index contributed by atoms with van der Waals surface area (Å²) in [6, 6.07) is 10.7. The molecule has 2 rings (SSSR count). The van der Waals surface area contributed by atoms with E-state index in [1.54, 1.807) is 18.2 Å². The molecule has 0 heterocycles. The number of rotatable bonds is 9. The first-order valence-electron chi connectivity index (χ1n) is 9.00. The summed E-state index contributed by atoms with van der Waals surface area (Å²) >= 11 is 0. The van der Waals surface area contributed by atoms with E-state index in [0.717, 1.165) is 11.1 Å². The summed E-state index contributed by atoms with van der Waals surface area (Å²) in [5, 5.41) is 0. The Labute approximate surface area is 165 Å². The molecule has 0 N–H and O–H groups in total. The lowest BCUT2D eigenvalue weighted by Gasteiger charge is -2.12. The van der Waals surface area contributed by atoms with Gasteiger partial charge in [0, 0.05) is 5.56 Å². The van der Waals surface area contributed by atoms with E-state index in [1.165, 1.54) is 14.2 Å². The molecule has 0 saturated carbocycles. The van der Waals surface area contributed by atoms with E-state index in [4.69, 9.17) is 18.9 Å². The van der Waals surface area contributed by atoms with Gasteiger partial charge in [0.2, 0.25) is 0 Å². The number of methoxy groups -OCH3 is 2. The third kappa shape index (κ3) is 5.49. The summed E-state index contributed by atoms with van der Waals surface area (Å²) < 4.78 is 20.9. The summed E-state index contributed by atoms with van der Waals surface area (Å²) in [4.78, 5) is 24.2. The molecule has 0 aromatic heterocycles. The van der Waals surface area contributed by atoms with Crippen LogP contribution in [0.25, 0.3) is 0 Å². The van der Waals surface area contributed by atoms with Gasteiger partial charge in [-0.1, -0.05) is 26.0 Å². The molecule has 6 nitrogen and oxygen atoms in total. The first-order valence-corrected chi connectivity index (χ1v) is 9.00. The van der Waals surface area contributed by atoms with Gasteiger partial charge in [-0.3, -0.25) is 4.79 Å². The fourth-order valence-corrected chi connectivity index (χ4v) is 2.55. The number of carbonyl (C=O) groups is 2. The molecule has 0 aliphatic carbocycles. The predicted octanol–water partition coefficient (Wildman–Crippen LogP) is 3.94. The van der Waals surface area contributed by atoms with Crippen LogP contribution in [0.2, 0.25) is 0 Å². The zero-order chi connectivity index (χ0) is 20.7. The van der Waals surface area contributed by atoms with Crippen molar-refractivity contribution in [3.8, 4) is 17.2 Å². The Bertz CT molecular complexity index is 841. The fourth-order valence-electron chi connectivity index (χ4n) is 2.55. The minimum absolute atomic E-state index is 0.262. The zero-order valence-electron chi connectivity index (χ0n) is 16.9. The molecule has 2 aromatic rings. The van der Waals surface area contributed by atoms with Crippen LogP contribution in [0, 0.1) is 6.92 Å². The van der Waals surface area contributed by atoms with Gasteiger partial charge in [0.15, 0.2) is 30.5 Å². The highest BCUT2D eigenvalue weighted by Gasteiger charge is 2.14. The van der Waals surface area contributed by atoms with Crippen LogP contribution in [0.5, 0.6) is 17.2 Å². The lowest BCUT2D eigenvalue weighted by molar-refractivity contribution is -0.144. The quantitative estimate of drug-likeness (QED) is 0.480. The molecule has 0 aliphatic heterocycles. The molecule has 0 aliphatic rings. The minimum atomic E-state index is -0.608. The van der Waals surface area contributed by atoms with Crippen LogP contribution < -0.4 is 14.2 Å². The highest BCUT2D eigenvalue weighted by Crippen LogP contribution is 2.28. The van der Waals surface area contributed by atoms with Crippen molar-refractivity contribution >= 4 is 11.8 Å². The van der Waals surface area contributed by atoms with Crippen LogP contribution in [-0.4, -0.2) is 39.2 Å². The maximum atomic E-state index is 12.3. The van der Waals surface area contributed by atoms with Crippen molar-refractivity contribution in [3.63, 3.8) is 0 Å². The second-order valence-electron chi connectivity index (χ2n) is 6.62. The molecule has 0 saturated heterocycles. The smallest absolute Gasteiger partial charge is 0.344 e. The summed E-state index contributed by atoms with van der Waals surface area (Å²) in [5.74, 6) is 0.991. The first-order chi connectivity index (χ1) is 13.3. The van der Waals surface area contributed by atoms with Crippen molar-refractivity contribution < 1.29 is 28.5 Å². The van der Waals surface area contributed by atoms with Crippen molar-refractivity contribution in [2.75, 3.05) is 27.4 Å². The largest absolute Gasteiger partial charge is 0.493 e. The standard InChI is InChI=1S/C22H26O6/c1-14(2)16-7-6-15(3)20(10-16)27-13-22(24)28-12-18(23)17-8-9-19(25-4)21(11-17)26-5/h6-11,14H,12-13H2,1-5H3. The molecule has 0 amide bonds. The number of hydrogen-bond acceptors (Lipinski definition) is 6. The number of ketones is 1. The lowest BCUT2D eigenvalue weighted by atomic mass is 10.0. The van der Waals surface area contributed by atoms with Crippen molar-refractivity contribution in [2.24, 2.45) is 0 Å². The molecule has 2 aromatic carbocycles. The molecule has 0 fully saturated rings. The fraction of sp³-hybridized carbons (Fsp3) is 0.364. The highest BCUT2D eigenvalue weighted by atomic mass is 16.6. The molecule has 0 unspecified atom stereocenters. The molecule has 0 spiro atoms. The molecular formula is C22H26O6. The van der Waals surface area contributed by atoms with Gasteiger partial charge in [-0.25, -0.2) is 4.79 Å². The van der Waals surface area contributed by atoms with Crippen LogP contribution in [0.15, 0.2) is 36.4 Å². The van der Waals surface area contributed by atoms with Gasteiger partial charge in [-0.15, -0.1) is 0 Å². The molecule has 6 heteroatoms. The van der Waals surface area contributed by atoms with Crippen LogP contribution in [-0.2, 0) is 9.53 Å². The van der Waals surface area contributed by atoms with Crippen LogP contribution in [0.4, 0.5) is 0 Å². The normalized spacial score (nSPS) is 10.5. The van der Waals surface area contributed by atoms with Gasteiger partial charge < -0.3 is 18.9 Å². The van der Waals surface area contributed by atoms with Gasteiger partial charge in [-0.2, -0.15) is 0 Å². The number of esters is 1. The molecule has 0 bridgehead atoms. The Morgan fingerprint density at radius 2 is 1.61 bits per heavy atom. The van der Waals surface area contributed by atoms with Crippen molar-refractivity contribution in [1.29, 1.82) is 0 Å². The SMILES string of the molecule is COc1ccc(C(=O)COC(=O)COc2cc(C(C)C)ccc2C)cc1OC. The number of ether oxygens (including phenoxy) is 4. The summed E-state index contributed by atoms with van der Waals surface area (Å²) in [5.41, 5.74) is 2.42. The van der Waals surface area contributed by atoms with Crippen molar-refractivity contribution in [1.82, 2.24) is 0 Å². The van der Waals surface area contributed by atoms with Crippen molar-refractivity contribution in [3.05, 3.63) is 53.1 Å². The lowest BCUT2D eigenvalue weighted by Crippen LogP contribution is -2.19. The van der Waals surface area contributed by atoms with Crippen molar-refractivity contribution in [2.45, 2.75) is 26.7 Å². The van der Waals surface area contributed by atoms with E-state index in [-0.39, 0.29) is 19.0 Å². The number of aryl methyl sites for hydroxylation is 1. The molecule has 0 radical (unpaired) electrons. The van der Waals surface area contributed by atoms with Gasteiger partial charge >= 0.3 is 5.97 Å². The topological polar surface area (TPSA) is 71.1 Å². The Hall–Kier alpha value is -3.02.